The fourth-order valence-electron chi connectivity index (χ4n) is 4.19. The third-order valence-electron chi connectivity index (χ3n) is 6.23. The number of nitrogens with zero attached hydrogens (tertiary/aromatic N) is 5. The third kappa shape index (κ3) is 5.03. The predicted octanol–water partition coefficient (Wildman–Crippen LogP) is 4.72. The Morgan fingerprint density at radius 1 is 1.41 bits per heavy atom. The van der Waals surface area contributed by atoms with Crippen molar-refractivity contribution >= 4 is 34.0 Å². The molecule has 0 unspecified atom stereocenters. The molecule has 10 nitrogen and oxygen atoms in total. The van der Waals surface area contributed by atoms with Gasteiger partial charge in [-0.3, -0.25) is 9.80 Å². The highest BCUT2D eigenvalue weighted by molar-refractivity contribution is 7.19. The van der Waals surface area contributed by atoms with E-state index in [1.165, 1.54) is 42.1 Å². The number of urea groups is 1. The number of methoxy groups -OCH3 is 1. The summed E-state index contributed by atoms with van der Waals surface area (Å²) in [5, 5.41) is 24.7. The number of aliphatic carboxylic acids is 1. The van der Waals surface area contributed by atoms with Crippen molar-refractivity contribution in [3.8, 4) is 11.1 Å². The van der Waals surface area contributed by atoms with Crippen LogP contribution in [0.15, 0.2) is 49.0 Å². The van der Waals surface area contributed by atoms with E-state index in [1.54, 1.807) is 36.1 Å². The molecule has 2 amide bonds. The van der Waals surface area contributed by atoms with E-state index in [0.717, 1.165) is 10.6 Å². The van der Waals surface area contributed by atoms with Crippen LogP contribution >= 0.6 is 11.3 Å². The molecule has 196 valence electrons. The summed E-state index contributed by atoms with van der Waals surface area (Å²) < 4.78 is 13.1. The van der Waals surface area contributed by atoms with Crippen molar-refractivity contribution < 1.29 is 24.2 Å². The van der Waals surface area contributed by atoms with E-state index >= 15 is 0 Å². The second-order valence-corrected chi connectivity index (χ2v) is 9.82. The van der Waals surface area contributed by atoms with Gasteiger partial charge in [0.2, 0.25) is 0 Å². The van der Waals surface area contributed by atoms with Crippen LogP contribution in [0.2, 0.25) is 0 Å². The number of thiophene rings is 1. The zero-order chi connectivity index (χ0) is 27.5. The van der Waals surface area contributed by atoms with Gasteiger partial charge in [-0.15, -0.1) is 0 Å². The molecule has 1 N–H and O–H groups in total. The standard InChI is InChI=1S/C26H31N5O5S/c1-8-19(18(4)35-7)20(36-14-9-11-27)15-29-23-21(16(2)22(37-23)30-13-10-12-28-30)17(3)31(25(29)34)26(5,6)24(32)33/h8,10,12-13,20H,3-4,9,14-15H2,1-2,5-7H3,(H,32,33)/b19-8+/t20-/m0/s1. The number of carboxylic acid groups (broad SMARTS) is 1. The van der Waals surface area contributed by atoms with E-state index in [1.807, 2.05) is 6.92 Å². The molecule has 0 saturated heterocycles. The summed E-state index contributed by atoms with van der Waals surface area (Å²) in [5.74, 6) is -0.810. The number of allylic oxidation sites excluding steroid dienone is 1. The molecule has 0 aromatic carbocycles. The van der Waals surface area contributed by atoms with E-state index in [0.29, 0.717) is 27.6 Å². The number of carboxylic acids is 1. The Labute approximate surface area is 220 Å². The summed E-state index contributed by atoms with van der Waals surface area (Å²) in [4.78, 5) is 28.9. The first kappa shape index (κ1) is 27.7. The first-order valence-electron chi connectivity index (χ1n) is 11.6. The Morgan fingerprint density at radius 3 is 2.65 bits per heavy atom. The lowest BCUT2D eigenvalue weighted by molar-refractivity contribution is -0.146. The van der Waals surface area contributed by atoms with Gasteiger partial charge in [-0.25, -0.2) is 14.3 Å². The molecule has 0 bridgehead atoms. The Morgan fingerprint density at radius 2 is 2.11 bits per heavy atom. The highest BCUT2D eigenvalue weighted by atomic mass is 32.1. The lowest BCUT2D eigenvalue weighted by Gasteiger charge is -2.44. The van der Waals surface area contributed by atoms with Gasteiger partial charge in [-0.2, -0.15) is 10.4 Å². The molecule has 2 aromatic heterocycles. The molecule has 0 spiro atoms. The number of hydrogen-bond donors (Lipinski definition) is 1. The average molecular weight is 526 g/mol. The summed E-state index contributed by atoms with van der Waals surface area (Å²) in [6, 6.07) is 3.30. The van der Waals surface area contributed by atoms with Crippen LogP contribution in [0.3, 0.4) is 0 Å². The second-order valence-electron chi connectivity index (χ2n) is 8.84. The van der Waals surface area contributed by atoms with E-state index in [2.05, 4.69) is 24.3 Å². The minimum atomic E-state index is -1.58. The summed E-state index contributed by atoms with van der Waals surface area (Å²) in [6.45, 7) is 14.8. The van der Waals surface area contributed by atoms with Crippen molar-refractivity contribution in [2.45, 2.75) is 45.8 Å². The molecule has 3 rings (SSSR count). The van der Waals surface area contributed by atoms with E-state index < -0.39 is 23.6 Å². The topological polar surface area (TPSA) is 121 Å². The van der Waals surface area contributed by atoms with Crippen LogP contribution in [-0.2, 0) is 14.3 Å². The Hall–Kier alpha value is -3.88. The van der Waals surface area contributed by atoms with Crippen LogP contribution in [0.25, 0.3) is 10.7 Å². The molecule has 0 aliphatic carbocycles. The molecule has 0 fully saturated rings. The molecule has 3 heterocycles. The highest BCUT2D eigenvalue weighted by Gasteiger charge is 2.48. The fourth-order valence-corrected chi connectivity index (χ4v) is 5.47. The summed E-state index contributed by atoms with van der Waals surface area (Å²) in [6.07, 6.45) is 4.70. The quantitative estimate of drug-likeness (QED) is 0.256. The molecule has 0 saturated carbocycles. The Balaban J connectivity index is 2.19. The molecule has 0 radical (unpaired) electrons. The molecule has 1 aliphatic heterocycles. The number of ether oxygens (including phenoxy) is 2. The van der Waals surface area contributed by atoms with Crippen molar-refractivity contribution in [1.82, 2.24) is 14.7 Å². The molecular weight excluding hydrogens is 494 g/mol. The molecule has 1 atom stereocenters. The van der Waals surface area contributed by atoms with Crippen molar-refractivity contribution in [3.63, 3.8) is 0 Å². The number of amides is 2. The summed E-state index contributed by atoms with van der Waals surface area (Å²) in [7, 11) is 1.49. The number of fused-ring (bicyclic) bond motifs is 1. The zero-order valence-electron chi connectivity index (χ0n) is 21.6. The summed E-state index contributed by atoms with van der Waals surface area (Å²) >= 11 is 1.35. The number of rotatable bonds is 11. The smallest absolute Gasteiger partial charge is 0.330 e. The monoisotopic (exact) mass is 525 g/mol. The summed E-state index contributed by atoms with van der Waals surface area (Å²) in [5.41, 5.74) is 0.801. The zero-order valence-corrected chi connectivity index (χ0v) is 22.5. The highest BCUT2D eigenvalue weighted by Crippen LogP contribution is 2.48. The molecular formula is C26H31N5O5S. The lowest BCUT2D eigenvalue weighted by atomic mass is 9.97. The minimum Gasteiger partial charge on any atom is -0.497 e. The van der Waals surface area contributed by atoms with Crippen molar-refractivity contribution in [2.75, 3.05) is 25.2 Å². The molecule has 11 heteroatoms. The largest absolute Gasteiger partial charge is 0.497 e. The van der Waals surface area contributed by atoms with Crippen LogP contribution in [0.5, 0.6) is 0 Å². The van der Waals surface area contributed by atoms with E-state index in [9.17, 15) is 14.7 Å². The third-order valence-corrected chi connectivity index (χ3v) is 7.54. The maximum atomic E-state index is 14.0. The number of carbonyl (C=O) groups excluding carboxylic acids is 1. The number of anilines is 1. The van der Waals surface area contributed by atoms with Crippen LogP contribution in [0.1, 0.15) is 38.3 Å². The van der Waals surface area contributed by atoms with Crippen molar-refractivity contribution in [2.24, 2.45) is 0 Å². The van der Waals surface area contributed by atoms with Gasteiger partial charge in [0.1, 0.15) is 27.4 Å². The average Bonchev–Trinajstić information content (AvgIpc) is 3.49. The van der Waals surface area contributed by atoms with E-state index in [4.69, 9.17) is 14.7 Å². The lowest BCUT2D eigenvalue weighted by Crippen LogP contribution is -2.59. The second kappa shape index (κ2) is 11.0. The number of aromatic nitrogens is 2. The van der Waals surface area contributed by atoms with E-state index in [-0.39, 0.29) is 19.6 Å². The van der Waals surface area contributed by atoms with Crippen LogP contribution in [0, 0.1) is 18.3 Å². The number of nitriles is 1. The first-order chi connectivity index (χ1) is 17.5. The number of carbonyl (C=O) groups is 2. The normalized spacial score (nSPS) is 14.9. The molecule has 2 aromatic rings. The van der Waals surface area contributed by atoms with Gasteiger partial charge in [0.15, 0.2) is 0 Å². The number of hydrogen-bond acceptors (Lipinski definition) is 7. The SMILES string of the molecule is C=C(OC)/C(=C\C)[C@H](CN1C(=O)N(C(C)(C)C(=O)O)C(=C)c2c1sc(-n1cccn1)c2C)OCCC#N. The van der Waals surface area contributed by atoms with Gasteiger partial charge < -0.3 is 14.6 Å². The predicted molar refractivity (Wildman–Crippen MR) is 141 cm³/mol. The van der Waals surface area contributed by atoms with Crippen molar-refractivity contribution in [1.29, 1.82) is 5.26 Å². The van der Waals surface area contributed by atoms with Gasteiger partial charge in [0.25, 0.3) is 0 Å². The van der Waals surface area contributed by atoms with Crippen molar-refractivity contribution in [3.05, 3.63) is 60.2 Å². The van der Waals surface area contributed by atoms with Gasteiger partial charge in [-0.05, 0) is 39.3 Å². The first-order valence-corrected chi connectivity index (χ1v) is 12.4. The maximum absolute atomic E-state index is 14.0. The maximum Gasteiger partial charge on any atom is 0.330 e. The van der Waals surface area contributed by atoms with Gasteiger partial charge in [0, 0.05) is 23.5 Å². The fraction of sp³-hybridized carbons (Fsp3) is 0.385. The Bertz CT molecular complexity index is 1290. The molecule has 37 heavy (non-hydrogen) atoms. The minimum absolute atomic E-state index is 0.0251. The van der Waals surface area contributed by atoms with Crippen LogP contribution in [0.4, 0.5) is 9.80 Å². The van der Waals surface area contributed by atoms with Crippen LogP contribution < -0.4 is 4.90 Å². The molecule has 1 aliphatic rings. The van der Waals surface area contributed by atoms with Crippen LogP contribution in [-0.4, -0.2) is 63.7 Å². The van der Waals surface area contributed by atoms with Gasteiger partial charge >= 0.3 is 12.0 Å². The van der Waals surface area contributed by atoms with Gasteiger partial charge in [0.05, 0.1) is 38.4 Å². The van der Waals surface area contributed by atoms with Gasteiger partial charge in [-0.1, -0.05) is 30.6 Å². The Kier molecular flexibility index (Phi) is 8.25.